The zero-order chi connectivity index (χ0) is 24.1. The molecule has 0 radical (unpaired) electrons. The van der Waals surface area contributed by atoms with Gasteiger partial charge in [0.15, 0.2) is 0 Å². The van der Waals surface area contributed by atoms with Gasteiger partial charge >= 0.3 is 0 Å². The van der Waals surface area contributed by atoms with Crippen molar-refractivity contribution in [3.63, 3.8) is 0 Å². The quantitative estimate of drug-likeness (QED) is 0.570. The highest BCUT2D eigenvalue weighted by molar-refractivity contribution is 5.83. The van der Waals surface area contributed by atoms with Crippen LogP contribution < -0.4 is 5.73 Å². The van der Waals surface area contributed by atoms with Gasteiger partial charge in [0, 0.05) is 25.0 Å². The summed E-state index contributed by atoms with van der Waals surface area (Å²) in [5.41, 5.74) is 9.91. The summed E-state index contributed by atoms with van der Waals surface area (Å²) in [5, 5.41) is 9.13. The largest absolute Gasteiger partial charge is 0.369 e. The second-order valence-corrected chi connectivity index (χ2v) is 9.24. The fraction of sp³-hybridized carbons (Fsp3) is 0.333. The van der Waals surface area contributed by atoms with E-state index in [1.54, 1.807) is 24.7 Å². The molecule has 34 heavy (non-hydrogen) atoms. The number of carbonyl (C=O) groups is 2. The van der Waals surface area contributed by atoms with Crippen LogP contribution in [-0.2, 0) is 28.9 Å². The maximum absolute atomic E-state index is 13.1. The van der Waals surface area contributed by atoms with Gasteiger partial charge in [0.25, 0.3) is 0 Å². The van der Waals surface area contributed by atoms with Crippen LogP contribution in [0.2, 0.25) is 0 Å². The number of piperidine rings is 1. The Bertz CT molecular complexity index is 1200. The van der Waals surface area contributed by atoms with E-state index in [2.05, 4.69) is 22.1 Å². The third kappa shape index (κ3) is 5.01. The van der Waals surface area contributed by atoms with E-state index in [1.165, 1.54) is 0 Å². The number of primary amides is 1. The van der Waals surface area contributed by atoms with Gasteiger partial charge in [-0.2, -0.15) is 5.26 Å². The first kappa shape index (κ1) is 23.2. The molecular weight excluding hydrogens is 426 g/mol. The highest BCUT2D eigenvalue weighted by Crippen LogP contribution is 2.42. The van der Waals surface area contributed by atoms with Gasteiger partial charge in [0.05, 0.1) is 29.8 Å². The molecular formula is C27H29N5O2. The Morgan fingerprint density at radius 1 is 1.24 bits per heavy atom. The fourth-order valence-corrected chi connectivity index (χ4v) is 5.04. The number of carbonyl (C=O) groups excluding carboxylic acids is 2. The Balaban J connectivity index is 1.64. The number of nitrogens with zero attached hydrogens (tertiary/aromatic N) is 3. The second-order valence-electron chi connectivity index (χ2n) is 9.24. The maximum atomic E-state index is 13.1. The minimum absolute atomic E-state index is 0.00250. The zero-order valence-electron chi connectivity index (χ0n) is 19.3. The van der Waals surface area contributed by atoms with Crippen LogP contribution in [0.25, 0.3) is 0 Å². The molecule has 1 aliphatic rings. The lowest BCUT2D eigenvalue weighted by molar-refractivity contribution is -0.143. The van der Waals surface area contributed by atoms with E-state index < -0.39 is 5.41 Å². The van der Waals surface area contributed by atoms with Crippen LogP contribution in [0.5, 0.6) is 0 Å². The van der Waals surface area contributed by atoms with E-state index in [0.717, 1.165) is 22.4 Å². The number of nitrogens with one attached hydrogen (secondary N) is 1. The molecule has 7 nitrogen and oxygen atoms in total. The summed E-state index contributed by atoms with van der Waals surface area (Å²) >= 11 is 0. The molecule has 4 rings (SSSR count). The molecule has 1 aliphatic heterocycles. The van der Waals surface area contributed by atoms with Crippen LogP contribution in [0.4, 0.5) is 0 Å². The Hall–Kier alpha value is -3.92. The first-order valence-electron chi connectivity index (χ1n) is 11.5. The van der Waals surface area contributed by atoms with E-state index in [4.69, 9.17) is 11.0 Å². The number of aromatic amines is 1. The van der Waals surface area contributed by atoms with E-state index in [-0.39, 0.29) is 24.2 Å². The summed E-state index contributed by atoms with van der Waals surface area (Å²) in [6.45, 7) is 2.96. The number of aryl methyl sites for hydroxylation is 1. The van der Waals surface area contributed by atoms with Gasteiger partial charge in [-0.15, -0.1) is 0 Å². The fourth-order valence-electron chi connectivity index (χ4n) is 5.04. The van der Waals surface area contributed by atoms with Crippen LogP contribution in [0.1, 0.15) is 34.4 Å². The topological polar surface area (TPSA) is 116 Å². The molecule has 0 saturated carbocycles. The van der Waals surface area contributed by atoms with Gasteiger partial charge in [-0.25, -0.2) is 4.98 Å². The number of nitriles is 1. The molecule has 2 atom stereocenters. The Labute approximate surface area is 199 Å². The Kier molecular flexibility index (Phi) is 6.78. The van der Waals surface area contributed by atoms with E-state index in [1.807, 2.05) is 42.2 Å². The third-order valence-corrected chi connectivity index (χ3v) is 6.96. The molecule has 2 aromatic carbocycles. The number of amides is 2. The number of likely N-dealkylation sites (tertiary alicyclic amines) is 1. The Morgan fingerprint density at radius 2 is 2.03 bits per heavy atom. The molecule has 0 aliphatic carbocycles. The number of rotatable bonds is 7. The number of benzene rings is 2. The van der Waals surface area contributed by atoms with Gasteiger partial charge in [-0.3, -0.25) is 9.59 Å². The zero-order valence-corrected chi connectivity index (χ0v) is 19.3. The second kappa shape index (κ2) is 9.92. The summed E-state index contributed by atoms with van der Waals surface area (Å²) in [5.74, 6) is -0.478. The number of H-pyrrole nitrogens is 1. The molecule has 0 spiro atoms. The number of imidazole rings is 1. The average Bonchev–Trinajstić information content (AvgIpc) is 3.33. The number of hydrogen-bond acceptors (Lipinski definition) is 4. The van der Waals surface area contributed by atoms with Crippen LogP contribution in [0.15, 0.2) is 61.1 Å². The van der Waals surface area contributed by atoms with Crippen LogP contribution in [0.3, 0.4) is 0 Å². The molecule has 7 heteroatoms. The van der Waals surface area contributed by atoms with Crippen molar-refractivity contribution in [2.24, 2.45) is 17.1 Å². The monoisotopic (exact) mass is 455 g/mol. The van der Waals surface area contributed by atoms with Gasteiger partial charge in [0.1, 0.15) is 0 Å². The normalized spacial score (nSPS) is 20.0. The summed E-state index contributed by atoms with van der Waals surface area (Å²) in [6.07, 6.45) is 5.09. The molecule has 1 fully saturated rings. The minimum Gasteiger partial charge on any atom is -0.369 e. The van der Waals surface area contributed by atoms with Crippen LogP contribution >= 0.6 is 0 Å². The highest BCUT2D eigenvalue weighted by atomic mass is 16.2. The first-order valence-corrected chi connectivity index (χ1v) is 11.5. The van der Waals surface area contributed by atoms with Crippen molar-refractivity contribution in [1.82, 2.24) is 14.9 Å². The van der Waals surface area contributed by atoms with E-state index in [9.17, 15) is 9.59 Å². The lowest BCUT2D eigenvalue weighted by atomic mass is 9.64. The van der Waals surface area contributed by atoms with Crippen LogP contribution in [-0.4, -0.2) is 39.8 Å². The maximum Gasteiger partial charge on any atom is 0.228 e. The smallest absolute Gasteiger partial charge is 0.228 e. The molecule has 2 amide bonds. The SMILES string of the molecule is Cc1cccc(CC2(C(N)=O)CCN(C(=O)Cc3cnc[nH]3)CC2Cc2ccc(C#N)cc2)c1. The van der Waals surface area contributed by atoms with Crippen LogP contribution in [0, 0.1) is 29.6 Å². The highest BCUT2D eigenvalue weighted by Gasteiger charge is 2.48. The van der Waals surface area contributed by atoms with Gasteiger partial charge in [-0.1, -0.05) is 42.0 Å². The minimum atomic E-state index is -0.771. The van der Waals surface area contributed by atoms with Crippen molar-refractivity contribution >= 4 is 11.8 Å². The van der Waals surface area contributed by atoms with Crippen molar-refractivity contribution in [2.45, 2.75) is 32.6 Å². The first-order chi connectivity index (χ1) is 16.4. The number of nitrogens with two attached hydrogens (primary N) is 1. The lowest BCUT2D eigenvalue weighted by Gasteiger charge is -2.46. The molecule has 0 bridgehead atoms. The molecule has 174 valence electrons. The molecule has 2 unspecified atom stereocenters. The predicted molar refractivity (Wildman–Crippen MR) is 128 cm³/mol. The van der Waals surface area contributed by atoms with Crippen molar-refractivity contribution in [2.75, 3.05) is 13.1 Å². The van der Waals surface area contributed by atoms with Crippen molar-refractivity contribution in [3.05, 3.63) is 89.0 Å². The third-order valence-electron chi connectivity index (χ3n) is 6.96. The molecule has 3 N–H and O–H groups in total. The van der Waals surface area contributed by atoms with Gasteiger partial charge < -0.3 is 15.6 Å². The lowest BCUT2D eigenvalue weighted by Crippen LogP contribution is -2.56. The van der Waals surface area contributed by atoms with E-state index in [0.29, 0.717) is 37.9 Å². The number of aromatic nitrogens is 2. The average molecular weight is 456 g/mol. The summed E-state index contributed by atoms with van der Waals surface area (Å²) < 4.78 is 0. The van der Waals surface area contributed by atoms with Crippen molar-refractivity contribution < 1.29 is 9.59 Å². The Morgan fingerprint density at radius 3 is 2.68 bits per heavy atom. The van der Waals surface area contributed by atoms with E-state index >= 15 is 0 Å². The molecule has 3 aromatic rings. The predicted octanol–water partition coefficient (Wildman–Crippen LogP) is 2.94. The molecule has 1 saturated heterocycles. The van der Waals surface area contributed by atoms with Crippen molar-refractivity contribution in [3.8, 4) is 6.07 Å². The molecule has 2 heterocycles. The summed E-state index contributed by atoms with van der Waals surface area (Å²) in [6, 6.07) is 17.7. The number of hydrogen-bond donors (Lipinski definition) is 2. The summed E-state index contributed by atoms with van der Waals surface area (Å²) in [4.78, 5) is 34.9. The van der Waals surface area contributed by atoms with Crippen molar-refractivity contribution in [1.29, 1.82) is 5.26 Å². The summed E-state index contributed by atoms with van der Waals surface area (Å²) in [7, 11) is 0. The van der Waals surface area contributed by atoms with Gasteiger partial charge in [0.2, 0.25) is 11.8 Å². The standard InChI is InChI=1S/C27H29N5O2/c1-19-3-2-4-22(11-19)14-27(26(29)34)9-10-32(25(33)13-24-16-30-18-31-24)17-23(27)12-20-5-7-21(15-28)8-6-20/h2-8,11,16,18,23H,9-10,12-14,17H2,1H3,(H2,29,34)(H,30,31). The van der Waals surface area contributed by atoms with Gasteiger partial charge in [-0.05, 0) is 55.4 Å². The molecule has 1 aromatic heterocycles.